The van der Waals surface area contributed by atoms with Crippen molar-refractivity contribution in [2.24, 2.45) is 4.99 Å². The van der Waals surface area contributed by atoms with Gasteiger partial charge in [-0.15, -0.1) is 24.0 Å². The van der Waals surface area contributed by atoms with Crippen LogP contribution in [0.1, 0.15) is 23.6 Å². The van der Waals surface area contributed by atoms with Gasteiger partial charge in [-0.2, -0.15) is 5.10 Å². The predicted octanol–water partition coefficient (Wildman–Crippen LogP) is 3.56. The van der Waals surface area contributed by atoms with Crippen molar-refractivity contribution in [2.75, 3.05) is 20.2 Å². The van der Waals surface area contributed by atoms with Gasteiger partial charge in [0.2, 0.25) is 0 Å². The van der Waals surface area contributed by atoms with E-state index in [2.05, 4.69) is 27.9 Å². The van der Waals surface area contributed by atoms with Crippen LogP contribution in [0.4, 0.5) is 0 Å². The molecule has 3 aromatic rings. The third-order valence-electron chi connectivity index (χ3n) is 4.71. The minimum atomic E-state index is 0. The first-order valence-corrected chi connectivity index (χ1v) is 10.1. The standard InChI is InChI=1S/C23H29N5O2.HI/c1-3-24-23(25-13-11-18-9-10-21(29)22(15-18)30-2)26-16-19-7-4-5-8-20(19)17-28-14-6-12-27-28;/h4-10,12,14-15,29H,3,11,13,16-17H2,1-2H3,(H2,24,25,26);1H. The molecule has 0 aliphatic heterocycles. The fraction of sp³-hybridized carbons (Fsp3) is 0.304. The number of guanidine groups is 1. The van der Waals surface area contributed by atoms with E-state index >= 15 is 0 Å². The van der Waals surface area contributed by atoms with Gasteiger partial charge in [-0.1, -0.05) is 30.3 Å². The maximum Gasteiger partial charge on any atom is 0.191 e. The van der Waals surface area contributed by atoms with Crippen LogP contribution in [0.25, 0.3) is 0 Å². The molecular formula is C23H30IN5O2. The zero-order chi connectivity index (χ0) is 21.2. The maximum atomic E-state index is 9.72. The monoisotopic (exact) mass is 535 g/mol. The van der Waals surface area contributed by atoms with Crippen molar-refractivity contribution < 1.29 is 9.84 Å². The Balaban J connectivity index is 0.00000341. The van der Waals surface area contributed by atoms with Gasteiger partial charge in [-0.25, -0.2) is 4.99 Å². The summed E-state index contributed by atoms with van der Waals surface area (Å²) >= 11 is 0. The summed E-state index contributed by atoms with van der Waals surface area (Å²) in [7, 11) is 1.55. The topological polar surface area (TPSA) is 83.7 Å². The highest BCUT2D eigenvalue weighted by atomic mass is 127. The van der Waals surface area contributed by atoms with Gasteiger partial charge in [0.05, 0.1) is 20.2 Å². The zero-order valence-corrected chi connectivity index (χ0v) is 20.2. The number of rotatable bonds is 9. The summed E-state index contributed by atoms with van der Waals surface area (Å²) < 4.78 is 7.09. The Morgan fingerprint density at radius 3 is 2.65 bits per heavy atom. The van der Waals surface area contributed by atoms with Gasteiger partial charge < -0.3 is 20.5 Å². The van der Waals surface area contributed by atoms with Crippen LogP contribution in [0, 0.1) is 0 Å². The van der Waals surface area contributed by atoms with E-state index in [1.807, 2.05) is 48.1 Å². The number of aromatic nitrogens is 2. The van der Waals surface area contributed by atoms with Crippen molar-refractivity contribution in [3.05, 3.63) is 77.6 Å². The molecule has 1 aromatic heterocycles. The van der Waals surface area contributed by atoms with Crippen LogP contribution in [0.15, 0.2) is 65.9 Å². The normalized spacial score (nSPS) is 11.0. The molecule has 0 bridgehead atoms. The number of nitrogens with zero attached hydrogens (tertiary/aromatic N) is 3. The molecule has 3 rings (SSSR count). The number of halogens is 1. The van der Waals surface area contributed by atoms with E-state index in [-0.39, 0.29) is 29.7 Å². The van der Waals surface area contributed by atoms with E-state index in [1.165, 1.54) is 11.1 Å². The van der Waals surface area contributed by atoms with E-state index in [0.717, 1.165) is 31.0 Å². The van der Waals surface area contributed by atoms with Crippen molar-refractivity contribution in [2.45, 2.75) is 26.4 Å². The number of methoxy groups -OCH3 is 1. The third-order valence-corrected chi connectivity index (χ3v) is 4.71. The maximum absolute atomic E-state index is 9.72. The highest BCUT2D eigenvalue weighted by Gasteiger charge is 2.05. The van der Waals surface area contributed by atoms with Crippen LogP contribution in [0.2, 0.25) is 0 Å². The second kappa shape index (κ2) is 12.8. The van der Waals surface area contributed by atoms with Crippen molar-refractivity contribution in [3.63, 3.8) is 0 Å². The summed E-state index contributed by atoms with van der Waals surface area (Å²) in [6.07, 6.45) is 4.54. The number of hydrogen-bond acceptors (Lipinski definition) is 4. The number of aliphatic imine (C=N–C) groups is 1. The fourth-order valence-corrected chi connectivity index (χ4v) is 3.14. The summed E-state index contributed by atoms with van der Waals surface area (Å²) in [5, 5.41) is 20.7. The van der Waals surface area contributed by atoms with E-state index in [4.69, 9.17) is 9.73 Å². The van der Waals surface area contributed by atoms with Gasteiger partial charge in [0.25, 0.3) is 0 Å². The largest absolute Gasteiger partial charge is 0.504 e. The lowest BCUT2D eigenvalue weighted by molar-refractivity contribution is 0.373. The zero-order valence-electron chi connectivity index (χ0n) is 17.9. The summed E-state index contributed by atoms with van der Waals surface area (Å²) in [5.74, 6) is 1.41. The molecule has 0 aliphatic carbocycles. The molecule has 0 amide bonds. The molecule has 0 spiro atoms. The van der Waals surface area contributed by atoms with Gasteiger partial charge in [-0.3, -0.25) is 4.68 Å². The Kier molecular flexibility index (Phi) is 10.2. The predicted molar refractivity (Wildman–Crippen MR) is 134 cm³/mol. The number of phenolic OH excluding ortho intramolecular Hbond substituents is 1. The molecule has 0 fully saturated rings. The summed E-state index contributed by atoms with van der Waals surface area (Å²) in [4.78, 5) is 4.75. The molecule has 3 N–H and O–H groups in total. The second-order valence-electron chi connectivity index (χ2n) is 6.85. The number of nitrogens with one attached hydrogen (secondary N) is 2. The minimum absolute atomic E-state index is 0. The number of phenols is 1. The van der Waals surface area contributed by atoms with E-state index in [9.17, 15) is 5.11 Å². The Morgan fingerprint density at radius 1 is 1.13 bits per heavy atom. The highest BCUT2D eigenvalue weighted by Crippen LogP contribution is 2.26. The van der Waals surface area contributed by atoms with Crippen molar-refractivity contribution in [3.8, 4) is 11.5 Å². The van der Waals surface area contributed by atoms with Crippen LogP contribution < -0.4 is 15.4 Å². The van der Waals surface area contributed by atoms with Crippen LogP contribution in [0.5, 0.6) is 11.5 Å². The molecule has 7 nitrogen and oxygen atoms in total. The minimum Gasteiger partial charge on any atom is -0.504 e. The fourth-order valence-electron chi connectivity index (χ4n) is 3.14. The van der Waals surface area contributed by atoms with Crippen LogP contribution >= 0.6 is 24.0 Å². The molecule has 166 valence electrons. The molecule has 0 saturated carbocycles. The molecule has 0 radical (unpaired) electrons. The van der Waals surface area contributed by atoms with Gasteiger partial charge in [0.15, 0.2) is 17.5 Å². The molecule has 8 heteroatoms. The number of hydrogen-bond donors (Lipinski definition) is 3. The lowest BCUT2D eigenvalue weighted by atomic mass is 10.1. The van der Waals surface area contributed by atoms with Gasteiger partial charge in [-0.05, 0) is 48.2 Å². The average Bonchev–Trinajstić information content (AvgIpc) is 3.27. The quantitative estimate of drug-likeness (QED) is 0.222. The molecule has 2 aromatic carbocycles. The smallest absolute Gasteiger partial charge is 0.191 e. The lowest BCUT2D eigenvalue weighted by Crippen LogP contribution is -2.38. The van der Waals surface area contributed by atoms with E-state index in [0.29, 0.717) is 18.8 Å². The Labute approximate surface area is 200 Å². The first-order valence-electron chi connectivity index (χ1n) is 10.1. The van der Waals surface area contributed by atoms with Crippen molar-refractivity contribution in [1.82, 2.24) is 20.4 Å². The van der Waals surface area contributed by atoms with Gasteiger partial charge >= 0.3 is 0 Å². The lowest BCUT2D eigenvalue weighted by Gasteiger charge is -2.13. The Morgan fingerprint density at radius 2 is 1.94 bits per heavy atom. The van der Waals surface area contributed by atoms with Gasteiger partial charge in [0.1, 0.15) is 0 Å². The summed E-state index contributed by atoms with van der Waals surface area (Å²) in [6, 6.07) is 15.6. The van der Waals surface area contributed by atoms with Crippen molar-refractivity contribution >= 4 is 29.9 Å². The SMILES string of the molecule is CCNC(=NCc1ccccc1Cn1cccn1)NCCc1ccc(O)c(OC)c1.I. The highest BCUT2D eigenvalue weighted by molar-refractivity contribution is 14.0. The molecule has 0 aliphatic rings. The van der Waals surface area contributed by atoms with Crippen LogP contribution in [-0.4, -0.2) is 41.0 Å². The summed E-state index contributed by atoms with van der Waals surface area (Å²) in [5.41, 5.74) is 3.46. The van der Waals surface area contributed by atoms with Gasteiger partial charge in [0, 0.05) is 25.5 Å². The Hall–Kier alpha value is -2.75. The number of benzene rings is 2. The average molecular weight is 535 g/mol. The number of ether oxygens (including phenoxy) is 1. The van der Waals surface area contributed by atoms with E-state index < -0.39 is 0 Å². The van der Waals surface area contributed by atoms with Crippen LogP contribution in [-0.2, 0) is 19.5 Å². The summed E-state index contributed by atoms with van der Waals surface area (Å²) in [6.45, 7) is 4.86. The van der Waals surface area contributed by atoms with E-state index in [1.54, 1.807) is 19.4 Å². The molecular weight excluding hydrogens is 505 g/mol. The molecule has 0 unspecified atom stereocenters. The number of aromatic hydroxyl groups is 1. The first-order chi connectivity index (χ1) is 14.7. The van der Waals surface area contributed by atoms with Crippen LogP contribution in [0.3, 0.4) is 0 Å². The molecule has 0 atom stereocenters. The first kappa shape index (κ1) is 24.5. The van der Waals surface area contributed by atoms with Crippen molar-refractivity contribution in [1.29, 1.82) is 0 Å². The molecule has 0 saturated heterocycles. The molecule has 1 heterocycles. The second-order valence-corrected chi connectivity index (χ2v) is 6.85. The third kappa shape index (κ3) is 7.46. The molecule has 31 heavy (non-hydrogen) atoms. The Bertz CT molecular complexity index is 960.